The fourth-order valence-corrected chi connectivity index (χ4v) is 1.98. The number of aromatic nitrogens is 2. The lowest BCUT2D eigenvalue weighted by molar-refractivity contribution is 0.223. The lowest BCUT2D eigenvalue weighted by Crippen LogP contribution is -2.02. The Balaban J connectivity index is 2.41. The number of rotatable bonds is 3. The molecule has 0 aliphatic heterocycles. The van der Waals surface area contributed by atoms with Crippen molar-refractivity contribution in [3.05, 3.63) is 18.0 Å². The Bertz CT molecular complexity index is 360. The normalized spacial score (nSPS) is 20.5. The van der Waals surface area contributed by atoms with E-state index in [2.05, 4.69) is 5.10 Å². The van der Waals surface area contributed by atoms with Crippen LogP contribution in [-0.4, -0.2) is 28.1 Å². The fraction of sp³-hybridized carbons (Fsp3) is 0.545. The van der Waals surface area contributed by atoms with Crippen molar-refractivity contribution >= 4 is 5.57 Å². The molecular weight excluding hydrogens is 192 g/mol. The van der Waals surface area contributed by atoms with E-state index in [-0.39, 0.29) is 6.10 Å². The summed E-state index contributed by atoms with van der Waals surface area (Å²) in [6.45, 7) is 2.86. The third-order valence-corrected chi connectivity index (χ3v) is 2.73. The number of aliphatic hydroxyl groups is 1. The third-order valence-electron chi connectivity index (χ3n) is 2.73. The van der Waals surface area contributed by atoms with Crippen LogP contribution < -0.4 is 4.74 Å². The number of methoxy groups -OCH3 is 1. The summed E-state index contributed by atoms with van der Waals surface area (Å²) >= 11 is 0. The van der Waals surface area contributed by atoms with Crippen molar-refractivity contribution in [3.8, 4) is 5.75 Å². The molecule has 0 spiro atoms. The average Bonchev–Trinajstić information content (AvgIpc) is 2.82. The van der Waals surface area contributed by atoms with Gasteiger partial charge >= 0.3 is 0 Å². The number of aliphatic hydroxyl groups excluding tert-OH is 1. The van der Waals surface area contributed by atoms with E-state index in [0.29, 0.717) is 0 Å². The van der Waals surface area contributed by atoms with Crippen molar-refractivity contribution in [1.82, 2.24) is 9.78 Å². The number of hydrogen-bond acceptors (Lipinski definition) is 3. The number of nitrogens with zero attached hydrogens (tertiary/aromatic N) is 2. The molecule has 0 fully saturated rings. The summed E-state index contributed by atoms with van der Waals surface area (Å²) in [5, 5.41) is 13.7. The molecule has 1 aromatic rings. The highest BCUT2D eigenvalue weighted by molar-refractivity contribution is 5.69. The Hall–Kier alpha value is -1.29. The van der Waals surface area contributed by atoms with Crippen LogP contribution in [0.5, 0.6) is 5.75 Å². The summed E-state index contributed by atoms with van der Waals surface area (Å²) in [6, 6.07) is 0. The summed E-state index contributed by atoms with van der Waals surface area (Å²) in [7, 11) is 1.65. The molecule has 1 aliphatic carbocycles. The van der Waals surface area contributed by atoms with Crippen LogP contribution in [0.2, 0.25) is 0 Å². The van der Waals surface area contributed by atoms with Crippen LogP contribution in [0.15, 0.2) is 12.3 Å². The van der Waals surface area contributed by atoms with E-state index in [1.165, 1.54) is 0 Å². The van der Waals surface area contributed by atoms with Crippen molar-refractivity contribution < 1.29 is 9.84 Å². The second kappa shape index (κ2) is 4.06. The van der Waals surface area contributed by atoms with Gasteiger partial charge in [0.15, 0.2) is 5.75 Å². The van der Waals surface area contributed by atoms with Crippen LogP contribution in [0.4, 0.5) is 0 Å². The molecule has 0 saturated carbocycles. The number of hydrogen-bond donors (Lipinski definition) is 1. The van der Waals surface area contributed by atoms with E-state index in [4.69, 9.17) is 4.74 Å². The molecule has 2 rings (SSSR count). The van der Waals surface area contributed by atoms with Crippen LogP contribution in [0, 0.1) is 0 Å². The zero-order chi connectivity index (χ0) is 10.8. The van der Waals surface area contributed by atoms with Gasteiger partial charge in [-0.25, -0.2) is 0 Å². The average molecular weight is 208 g/mol. The molecule has 1 atom stereocenters. The van der Waals surface area contributed by atoms with Crippen molar-refractivity contribution in [2.45, 2.75) is 32.4 Å². The minimum atomic E-state index is -0.315. The first kappa shape index (κ1) is 10.2. The molecule has 4 heteroatoms. The maximum absolute atomic E-state index is 9.48. The highest BCUT2D eigenvalue weighted by Crippen LogP contribution is 2.33. The molecule has 1 N–H and O–H groups in total. The van der Waals surface area contributed by atoms with Gasteiger partial charge in [-0.05, 0) is 25.3 Å². The summed E-state index contributed by atoms with van der Waals surface area (Å²) in [4.78, 5) is 0. The lowest BCUT2D eigenvalue weighted by atomic mass is 10.1. The summed E-state index contributed by atoms with van der Waals surface area (Å²) in [5.74, 6) is 0.789. The maximum atomic E-state index is 9.48. The molecule has 0 aromatic carbocycles. The van der Waals surface area contributed by atoms with Gasteiger partial charge in [0, 0.05) is 6.54 Å². The van der Waals surface area contributed by atoms with Crippen LogP contribution in [0.25, 0.3) is 5.57 Å². The zero-order valence-electron chi connectivity index (χ0n) is 9.10. The van der Waals surface area contributed by atoms with Gasteiger partial charge in [-0.1, -0.05) is 6.08 Å². The van der Waals surface area contributed by atoms with Crippen LogP contribution in [-0.2, 0) is 6.54 Å². The van der Waals surface area contributed by atoms with Crippen LogP contribution >= 0.6 is 0 Å². The number of allylic oxidation sites excluding steroid dienone is 1. The molecule has 15 heavy (non-hydrogen) atoms. The molecule has 1 aromatic heterocycles. The molecule has 0 amide bonds. The van der Waals surface area contributed by atoms with E-state index in [1.807, 2.05) is 17.7 Å². The fourth-order valence-electron chi connectivity index (χ4n) is 1.98. The Kier molecular flexibility index (Phi) is 2.77. The Morgan fingerprint density at radius 2 is 2.47 bits per heavy atom. The first-order valence-corrected chi connectivity index (χ1v) is 5.25. The first-order chi connectivity index (χ1) is 7.26. The van der Waals surface area contributed by atoms with Gasteiger partial charge in [-0.2, -0.15) is 5.10 Å². The first-order valence-electron chi connectivity index (χ1n) is 5.25. The highest BCUT2D eigenvalue weighted by atomic mass is 16.5. The smallest absolute Gasteiger partial charge is 0.164 e. The molecule has 0 radical (unpaired) electrons. The van der Waals surface area contributed by atoms with Gasteiger partial charge in [-0.15, -0.1) is 0 Å². The SMILES string of the molecule is CCn1ncc(OC)c1C1=CC(O)CC1. The second-order valence-electron chi connectivity index (χ2n) is 3.68. The van der Waals surface area contributed by atoms with Gasteiger partial charge in [0.25, 0.3) is 0 Å². The van der Waals surface area contributed by atoms with Crippen molar-refractivity contribution in [2.24, 2.45) is 0 Å². The zero-order valence-corrected chi connectivity index (χ0v) is 9.10. The number of aryl methyl sites for hydroxylation is 1. The molecule has 4 nitrogen and oxygen atoms in total. The predicted octanol–water partition coefficient (Wildman–Crippen LogP) is 1.45. The monoisotopic (exact) mass is 208 g/mol. The van der Waals surface area contributed by atoms with Crippen molar-refractivity contribution in [2.75, 3.05) is 7.11 Å². The van der Waals surface area contributed by atoms with Crippen LogP contribution in [0.3, 0.4) is 0 Å². The standard InChI is InChI=1S/C11H16N2O2/c1-3-13-11(10(15-2)7-12-13)8-4-5-9(14)6-8/h6-7,9,14H,3-5H2,1-2H3. The lowest BCUT2D eigenvalue weighted by Gasteiger charge is -2.07. The number of ether oxygens (including phenoxy) is 1. The quantitative estimate of drug-likeness (QED) is 0.817. The minimum absolute atomic E-state index is 0.315. The van der Waals surface area contributed by atoms with Gasteiger partial charge in [0.2, 0.25) is 0 Å². The molecule has 0 saturated heterocycles. The Labute approximate surface area is 89.2 Å². The van der Waals surface area contributed by atoms with Crippen molar-refractivity contribution in [1.29, 1.82) is 0 Å². The largest absolute Gasteiger partial charge is 0.493 e. The molecular formula is C11H16N2O2. The molecule has 1 heterocycles. The van der Waals surface area contributed by atoms with Crippen LogP contribution in [0.1, 0.15) is 25.5 Å². The predicted molar refractivity (Wildman–Crippen MR) is 57.7 cm³/mol. The maximum Gasteiger partial charge on any atom is 0.164 e. The molecule has 1 unspecified atom stereocenters. The van der Waals surface area contributed by atoms with E-state index in [0.717, 1.165) is 36.4 Å². The Morgan fingerprint density at radius 3 is 3.00 bits per heavy atom. The van der Waals surface area contributed by atoms with E-state index >= 15 is 0 Å². The highest BCUT2D eigenvalue weighted by Gasteiger charge is 2.21. The minimum Gasteiger partial charge on any atom is -0.493 e. The van der Waals surface area contributed by atoms with Gasteiger partial charge in [-0.3, -0.25) is 4.68 Å². The second-order valence-corrected chi connectivity index (χ2v) is 3.68. The van der Waals surface area contributed by atoms with Gasteiger partial charge in [0.1, 0.15) is 5.69 Å². The van der Waals surface area contributed by atoms with Gasteiger partial charge < -0.3 is 9.84 Å². The molecule has 1 aliphatic rings. The summed E-state index contributed by atoms with van der Waals surface area (Å²) in [6.07, 6.45) is 5.00. The molecule has 0 bridgehead atoms. The van der Waals surface area contributed by atoms with E-state index in [1.54, 1.807) is 13.3 Å². The third kappa shape index (κ3) is 1.77. The Morgan fingerprint density at radius 1 is 1.67 bits per heavy atom. The summed E-state index contributed by atoms with van der Waals surface area (Å²) in [5.41, 5.74) is 2.15. The van der Waals surface area contributed by atoms with Crippen molar-refractivity contribution in [3.63, 3.8) is 0 Å². The van der Waals surface area contributed by atoms with E-state index in [9.17, 15) is 5.11 Å². The molecule has 82 valence electrons. The van der Waals surface area contributed by atoms with E-state index < -0.39 is 0 Å². The topological polar surface area (TPSA) is 47.3 Å². The van der Waals surface area contributed by atoms with Gasteiger partial charge in [0.05, 0.1) is 19.4 Å². The summed E-state index contributed by atoms with van der Waals surface area (Å²) < 4.78 is 7.18.